The smallest absolute Gasteiger partial charge is 0.407 e. The number of carbonyl (C=O) groups is 2. The molecule has 0 spiro atoms. The fourth-order valence-corrected chi connectivity index (χ4v) is 6.15. The number of rotatable bonds is 21. The topological polar surface area (TPSA) is 83.1 Å². The summed E-state index contributed by atoms with van der Waals surface area (Å²) in [5.41, 5.74) is -0.0865. The number of hydrogen-bond donors (Lipinski definition) is 2. The highest BCUT2D eigenvalue weighted by atomic mass is 16.6. The van der Waals surface area contributed by atoms with Gasteiger partial charge in [0.1, 0.15) is 13.2 Å². The second-order valence-corrected chi connectivity index (χ2v) is 13.1. The van der Waals surface area contributed by atoms with Crippen LogP contribution in [0, 0.1) is 10.8 Å². The van der Waals surface area contributed by atoms with Crippen LogP contribution in [0.2, 0.25) is 0 Å². The minimum Gasteiger partial charge on any atom is -0.448 e. The Morgan fingerprint density at radius 1 is 0.700 bits per heavy atom. The summed E-state index contributed by atoms with van der Waals surface area (Å²) in [4.78, 5) is 30.0. The van der Waals surface area contributed by atoms with E-state index in [1.807, 2.05) is 0 Å². The Morgan fingerprint density at radius 3 is 1.60 bits per heavy atom. The maximum Gasteiger partial charge on any atom is 0.407 e. The fourth-order valence-electron chi connectivity index (χ4n) is 6.15. The van der Waals surface area contributed by atoms with E-state index in [1.54, 1.807) is 0 Å². The molecule has 0 saturated heterocycles. The van der Waals surface area contributed by atoms with E-state index in [0.29, 0.717) is 19.8 Å². The molecule has 0 radical (unpaired) electrons. The molecule has 2 N–H and O–H groups in total. The van der Waals surface area contributed by atoms with Gasteiger partial charge in [-0.2, -0.15) is 0 Å². The van der Waals surface area contributed by atoms with Crippen LogP contribution in [0.25, 0.3) is 0 Å². The number of unbranched alkanes of at least 4 members (excludes halogenated alkanes) is 4. The number of nitrogens with one attached hydrogen (secondary N) is 2. The van der Waals surface area contributed by atoms with Crippen LogP contribution in [0.15, 0.2) is 0 Å². The molecule has 1 rings (SSSR count). The van der Waals surface area contributed by atoms with Crippen molar-refractivity contribution in [2.75, 3.05) is 59.0 Å². The molecule has 236 valence electrons. The second kappa shape index (κ2) is 20.4. The molecule has 1 saturated carbocycles. The number of hydrogen-bond acceptors (Lipinski definition) is 6. The van der Waals surface area contributed by atoms with E-state index in [9.17, 15) is 9.59 Å². The lowest BCUT2D eigenvalue weighted by molar-refractivity contribution is 0.0601. The lowest BCUT2D eigenvalue weighted by Crippen LogP contribution is -2.50. The average molecular weight is 569 g/mol. The number of amides is 2. The van der Waals surface area contributed by atoms with Crippen LogP contribution in [-0.4, -0.2) is 87.1 Å². The molecular formula is C32H64N4O4. The molecule has 8 heteroatoms. The molecule has 0 aromatic carbocycles. The predicted molar refractivity (Wildman–Crippen MR) is 166 cm³/mol. The van der Waals surface area contributed by atoms with E-state index in [1.165, 1.54) is 51.4 Å². The Hall–Kier alpha value is -1.54. The van der Waals surface area contributed by atoms with Crippen molar-refractivity contribution in [1.82, 2.24) is 20.4 Å². The maximum absolute atomic E-state index is 12.7. The van der Waals surface area contributed by atoms with Crippen LogP contribution < -0.4 is 10.6 Å². The highest BCUT2D eigenvalue weighted by Crippen LogP contribution is 2.45. The minimum atomic E-state index is -0.352. The zero-order chi connectivity index (χ0) is 29.9. The monoisotopic (exact) mass is 568 g/mol. The van der Waals surface area contributed by atoms with Crippen LogP contribution in [-0.2, 0) is 9.47 Å². The maximum atomic E-state index is 12.7. The molecule has 1 fully saturated rings. The number of alkyl carbamates (subject to hydrolysis) is 2. The summed E-state index contributed by atoms with van der Waals surface area (Å²) < 4.78 is 11.1. The first-order valence-electron chi connectivity index (χ1n) is 16.3. The first-order chi connectivity index (χ1) is 19.1. The number of carbonyl (C=O) groups excluding carboxylic acids is 2. The molecule has 1 aliphatic rings. The van der Waals surface area contributed by atoms with E-state index < -0.39 is 0 Å². The molecular weight excluding hydrogens is 504 g/mol. The van der Waals surface area contributed by atoms with E-state index in [4.69, 9.17) is 9.47 Å². The highest BCUT2D eigenvalue weighted by molar-refractivity contribution is 5.68. The predicted octanol–water partition coefficient (Wildman–Crippen LogP) is 6.83. The SMILES string of the molecule is CCCCN(CCCC)CCOC(=O)NCC1(C)CC(NC(=O)OCCN(CCCC)CCCC)CC(C)(C)C1. The van der Waals surface area contributed by atoms with Crippen molar-refractivity contribution in [3.8, 4) is 0 Å². The molecule has 0 heterocycles. The Morgan fingerprint density at radius 2 is 1.15 bits per heavy atom. The van der Waals surface area contributed by atoms with Crippen molar-refractivity contribution in [1.29, 1.82) is 0 Å². The Kier molecular flexibility index (Phi) is 18.6. The van der Waals surface area contributed by atoms with Gasteiger partial charge in [0, 0.05) is 25.7 Å². The lowest BCUT2D eigenvalue weighted by Gasteiger charge is -2.46. The second-order valence-electron chi connectivity index (χ2n) is 13.1. The van der Waals surface area contributed by atoms with Gasteiger partial charge in [-0.05, 0) is 82.0 Å². The molecule has 0 aliphatic heterocycles. The number of nitrogens with zero attached hydrogens (tertiary/aromatic N) is 2. The fraction of sp³-hybridized carbons (Fsp3) is 0.938. The van der Waals surface area contributed by atoms with E-state index in [-0.39, 0.29) is 29.1 Å². The van der Waals surface area contributed by atoms with Gasteiger partial charge in [-0.1, -0.05) is 74.1 Å². The summed E-state index contributed by atoms with van der Waals surface area (Å²) >= 11 is 0. The normalized spacial score (nSPS) is 20.5. The van der Waals surface area contributed by atoms with Crippen LogP contribution >= 0.6 is 0 Å². The van der Waals surface area contributed by atoms with Crippen molar-refractivity contribution in [2.45, 2.75) is 125 Å². The summed E-state index contributed by atoms with van der Waals surface area (Å²) in [6.07, 6.45) is 11.3. The van der Waals surface area contributed by atoms with Crippen molar-refractivity contribution < 1.29 is 19.1 Å². The minimum absolute atomic E-state index is 0.0149. The van der Waals surface area contributed by atoms with Crippen molar-refractivity contribution in [2.24, 2.45) is 10.8 Å². The van der Waals surface area contributed by atoms with Gasteiger partial charge in [0.2, 0.25) is 0 Å². The van der Waals surface area contributed by atoms with E-state index in [2.05, 4.69) is 68.9 Å². The molecule has 2 unspecified atom stereocenters. The third-order valence-corrected chi connectivity index (χ3v) is 8.02. The molecule has 0 aromatic rings. The van der Waals surface area contributed by atoms with Gasteiger partial charge < -0.3 is 20.1 Å². The van der Waals surface area contributed by atoms with Crippen molar-refractivity contribution >= 4 is 12.2 Å². The van der Waals surface area contributed by atoms with Gasteiger partial charge in [-0.15, -0.1) is 0 Å². The summed E-state index contributed by atoms with van der Waals surface area (Å²) in [5.74, 6) is 0. The summed E-state index contributed by atoms with van der Waals surface area (Å²) in [7, 11) is 0. The van der Waals surface area contributed by atoms with Gasteiger partial charge in [0.25, 0.3) is 0 Å². The number of ether oxygens (including phenoxy) is 2. The van der Waals surface area contributed by atoms with Crippen LogP contribution in [0.1, 0.15) is 119 Å². The summed E-state index contributed by atoms with van der Waals surface area (Å²) in [5, 5.41) is 6.14. The Bertz CT molecular complexity index is 674. The molecule has 0 bridgehead atoms. The van der Waals surface area contributed by atoms with E-state index >= 15 is 0 Å². The van der Waals surface area contributed by atoms with Gasteiger partial charge in [-0.25, -0.2) is 9.59 Å². The third-order valence-electron chi connectivity index (χ3n) is 8.02. The summed E-state index contributed by atoms with van der Waals surface area (Å²) in [6, 6.07) is 0.0149. The summed E-state index contributed by atoms with van der Waals surface area (Å²) in [6.45, 7) is 22.6. The van der Waals surface area contributed by atoms with Crippen LogP contribution in [0.3, 0.4) is 0 Å². The van der Waals surface area contributed by atoms with Gasteiger partial charge in [0.15, 0.2) is 0 Å². The van der Waals surface area contributed by atoms with Crippen LogP contribution in [0.4, 0.5) is 9.59 Å². The van der Waals surface area contributed by atoms with E-state index in [0.717, 1.165) is 58.5 Å². The third kappa shape index (κ3) is 16.7. The first-order valence-corrected chi connectivity index (χ1v) is 16.3. The molecule has 2 atom stereocenters. The van der Waals surface area contributed by atoms with Gasteiger partial charge in [0.05, 0.1) is 0 Å². The molecule has 2 amide bonds. The Balaban J connectivity index is 2.50. The van der Waals surface area contributed by atoms with Crippen molar-refractivity contribution in [3.63, 3.8) is 0 Å². The largest absolute Gasteiger partial charge is 0.448 e. The molecule has 1 aliphatic carbocycles. The average Bonchev–Trinajstić information content (AvgIpc) is 2.88. The lowest BCUT2D eigenvalue weighted by atomic mass is 9.62. The zero-order valence-electron chi connectivity index (χ0n) is 27.2. The standard InChI is InChI=1S/C32H64N4O4/c1-8-12-16-35(17-13-9-2)20-22-39-29(37)33-27-32(7)25-28(24-31(5,6)26-32)34-30(38)40-23-21-36(18-14-10-3)19-15-11-4/h28H,8-27H2,1-7H3,(H,33,37)(H,34,38). The molecule has 40 heavy (non-hydrogen) atoms. The first kappa shape index (κ1) is 36.5. The van der Waals surface area contributed by atoms with Crippen LogP contribution in [0.5, 0.6) is 0 Å². The Labute approximate surface area is 246 Å². The van der Waals surface area contributed by atoms with Gasteiger partial charge in [-0.3, -0.25) is 9.80 Å². The quantitative estimate of drug-likeness (QED) is 0.158. The highest BCUT2D eigenvalue weighted by Gasteiger charge is 2.42. The molecule has 0 aromatic heterocycles. The van der Waals surface area contributed by atoms with Crippen molar-refractivity contribution in [3.05, 3.63) is 0 Å². The molecule has 8 nitrogen and oxygen atoms in total. The zero-order valence-corrected chi connectivity index (χ0v) is 27.2. The van der Waals surface area contributed by atoms with Gasteiger partial charge >= 0.3 is 12.2 Å².